The number of aryl methyl sites for hydroxylation is 1. The second kappa shape index (κ2) is 9.08. The fourth-order valence-electron chi connectivity index (χ4n) is 2.14. The molecule has 24 heavy (non-hydrogen) atoms. The number of nitrogens with one attached hydrogen (secondary N) is 1. The lowest BCUT2D eigenvalue weighted by Crippen LogP contribution is -2.25. The average molecular weight is 346 g/mol. The molecule has 2 aromatic carbocycles. The van der Waals surface area contributed by atoms with Crippen LogP contribution in [-0.4, -0.2) is 18.4 Å². The minimum atomic E-state index is -0.265. The summed E-state index contributed by atoms with van der Waals surface area (Å²) in [4.78, 5) is 23.6. The smallest absolute Gasteiger partial charge is 0.306 e. The topological polar surface area (TPSA) is 55.4 Å². The molecule has 0 saturated heterocycles. The highest BCUT2D eigenvalue weighted by Crippen LogP contribution is 2.10. The number of rotatable bonds is 7. The molecule has 2 rings (SSSR count). The van der Waals surface area contributed by atoms with Gasteiger partial charge in [0.2, 0.25) is 0 Å². The number of hydrogen-bond donors (Lipinski definition) is 1. The molecule has 1 amide bonds. The largest absolute Gasteiger partial charge is 0.461 e. The highest BCUT2D eigenvalue weighted by molar-refractivity contribution is 6.30. The molecule has 0 fully saturated rings. The van der Waals surface area contributed by atoms with Gasteiger partial charge in [0.05, 0.1) is 0 Å². The Morgan fingerprint density at radius 2 is 1.79 bits per heavy atom. The van der Waals surface area contributed by atoms with Crippen molar-refractivity contribution in [3.05, 3.63) is 70.2 Å². The molecule has 0 aliphatic rings. The van der Waals surface area contributed by atoms with E-state index in [9.17, 15) is 9.59 Å². The quantitative estimate of drug-likeness (QED) is 0.611. The fraction of sp³-hybridized carbons (Fsp3) is 0.263. The zero-order valence-electron chi connectivity index (χ0n) is 13.5. The predicted molar refractivity (Wildman–Crippen MR) is 94.0 cm³/mol. The third-order valence-corrected chi connectivity index (χ3v) is 3.85. The molecule has 0 aliphatic carbocycles. The Hall–Kier alpha value is -2.33. The zero-order valence-corrected chi connectivity index (χ0v) is 14.3. The van der Waals surface area contributed by atoms with Crippen LogP contribution in [0.4, 0.5) is 0 Å². The van der Waals surface area contributed by atoms with Gasteiger partial charge in [0, 0.05) is 23.6 Å². The predicted octanol–water partition coefficient (Wildman–Crippen LogP) is 3.90. The molecule has 0 heterocycles. The Bertz CT molecular complexity index is 698. The van der Waals surface area contributed by atoms with E-state index < -0.39 is 0 Å². The molecule has 0 aliphatic heterocycles. The van der Waals surface area contributed by atoms with E-state index in [1.54, 1.807) is 24.3 Å². The van der Waals surface area contributed by atoms with Gasteiger partial charge in [-0.05, 0) is 48.7 Å². The van der Waals surface area contributed by atoms with Gasteiger partial charge in [-0.3, -0.25) is 9.59 Å². The summed E-state index contributed by atoms with van der Waals surface area (Å²) < 4.78 is 5.25. The van der Waals surface area contributed by atoms with Crippen molar-refractivity contribution in [3.8, 4) is 0 Å². The molecule has 0 spiro atoms. The van der Waals surface area contributed by atoms with Crippen LogP contribution < -0.4 is 5.32 Å². The maximum atomic E-state index is 11.9. The van der Waals surface area contributed by atoms with E-state index >= 15 is 0 Å². The van der Waals surface area contributed by atoms with E-state index in [-0.39, 0.29) is 24.9 Å². The summed E-state index contributed by atoms with van der Waals surface area (Å²) in [6.45, 7) is 2.68. The van der Waals surface area contributed by atoms with E-state index in [0.717, 1.165) is 11.1 Å². The van der Waals surface area contributed by atoms with Crippen molar-refractivity contribution in [2.75, 3.05) is 6.54 Å². The second-order valence-electron chi connectivity index (χ2n) is 5.45. The molecule has 0 saturated carbocycles. The van der Waals surface area contributed by atoms with Crippen LogP contribution in [0.15, 0.2) is 48.5 Å². The number of esters is 1. The van der Waals surface area contributed by atoms with Crippen LogP contribution >= 0.6 is 11.6 Å². The maximum Gasteiger partial charge on any atom is 0.306 e. The monoisotopic (exact) mass is 345 g/mol. The van der Waals surface area contributed by atoms with Crippen LogP contribution in [0.3, 0.4) is 0 Å². The third-order valence-electron chi connectivity index (χ3n) is 3.60. The molecule has 0 unspecified atom stereocenters. The summed E-state index contributed by atoms with van der Waals surface area (Å²) in [6.07, 6.45) is 0.804. The van der Waals surface area contributed by atoms with E-state index in [0.29, 0.717) is 23.6 Å². The van der Waals surface area contributed by atoms with E-state index in [1.165, 1.54) is 0 Å². The number of hydrogen-bond acceptors (Lipinski definition) is 3. The normalized spacial score (nSPS) is 10.2. The van der Waals surface area contributed by atoms with Crippen molar-refractivity contribution in [2.24, 2.45) is 0 Å². The van der Waals surface area contributed by atoms with Gasteiger partial charge in [0.15, 0.2) is 0 Å². The Labute approximate surface area is 146 Å². The zero-order chi connectivity index (χ0) is 17.4. The van der Waals surface area contributed by atoms with Gasteiger partial charge in [-0.1, -0.05) is 35.9 Å². The summed E-state index contributed by atoms with van der Waals surface area (Å²) >= 11 is 5.78. The molecule has 2 aromatic rings. The van der Waals surface area contributed by atoms with Crippen molar-refractivity contribution in [1.82, 2.24) is 5.32 Å². The van der Waals surface area contributed by atoms with Crippen molar-refractivity contribution in [3.63, 3.8) is 0 Å². The number of ether oxygens (including phenoxy) is 1. The third kappa shape index (κ3) is 5.70. The van der Waals surface area contributed by atoms with E-state index in [1.807, 2.05) is 31.2 Å². The van der Waals surface area contributed by atoms with Gasteiger partial charge in [-0.15, -0.1) is 0 Å². The molecular formula is C19H20ClNO3. The number of amides is 1. The lowest BCUT2D eigenvalue weighted by Gasteiger charge is -2.08. The minimum Gasteiger partial charge on any atom is -0.461 e. The van der Waals surface area contributed by atoms with Crippen LogP contribution in [0.1, 0.15) is 34.3 Å². The standard InChI is InChI=1S/C19H20ClNO3/c1-14-5-2-3-6-16(14)13-24-18(22)7-4-12-21-19(23)15-8-10-17(20)11-9-15/h2-3,5-6,8-11H,4,7,12-13H2,1H3,(H,21,23). The van der Waals surface area contributed by atoms with Gasteiger partial charge in [-0.25, -0.2) is 0 Å². The van der Waals surface area contributed by atoms with Crippen LogP contribution in [-0.2, 0) is 16.1 Å². The van der Waals surface area contributed by atoms with Crippen LogP contribution in [0.5, 0.6) is 0 Å². The van der Waals surface area contributed by atoms with E-state index in [2.05, 4.69) is 5.32 Å². The molecule has 0 aromatic heterocycles. The summed E-state index contributed by atoms with van der Waals surface area (Å²) in [5.74, 6) is -0.445. The number of carbonyl (C=O) groups excluding carboxylic acids is 2. The van der Waals surface area contributed by atoms with Crippen LogP contribution in [0.2, 0.25) is 5.02 Å². The van der Waals surface area contributed by atoms with Gasteiger partial charge in [0.25, 0.3) is 5.91 Å². The first-order valence-electron chi connectivity index (χ1n) is 7.80. The minimum absolute atomic E-state index is 0.181. The molecular weight excluding hydrogens is 326 g/mol. The molecule has 4 nitrogen and oxygen atoms in total. The molecule has 0 atom stereocenters. The van der Waals surface area contributed by atoms with Crippen LogP contribution in [0, 0.1) is 6.92 Å². The first-order valence-corrected chi connectivity index (χ1v) is 8.18. The number of benzene rings is 2. The lowest BCUT2D eigenvalue weighted by atomic mass is 10.1. The van der Waals surface area contributed by atoms with Gasteiger partial charge in [-0.2, -0.15) is 0 Å². The molecule has 0 radical (unpaired) electrons. The van der Waals surface area contributed by atoms with E-state index in [4.69, 9.17) is 16.3 Å². The highest BCUT2D eigenvalue weighted by atomic mass is 35.5. The number of halogens is 1. The summed E-state index contributed by atoms with van der Waals surface area (Å²) in [6, 6.07) is 14.4. The second-order valence-corrected chi connectivity index (χ2v) is 5.89. The summed E-state index contributed by atoms with van der Waals surface area (Å²) in [5.41, 5.74) is 2.64. The van der Waals surface area contributed by atoms with Crippen molar-refractivity contribution < 1.29 is 14.3 Å². The molecule has 126 valence electrons. The summed E-state index contributed by atoms with van der Waals surface area (Å²) in [7, 11) is 0. The van der Waals surface area contributed by atoms with Gasteiger partial charge in [0.1, 0.15) is 6.61 Å². The van der Waals surface area contributed by atoms with Gasteiger partial charge < -0.3 is 10.1 Å². The van der Waals surface area contributed by atoms with Crippen molar-refractivity contribution >= 4 is 23.5 Å². The number of carbonyl (C=O) groups is 2. The van der Waals surface area contributed by atoms with Crippen molar-refractivity contribution in [2.45, 2.75) is 26.4 Å². The lowest BCUT2D eigenvalue weighted by molar-refractivity contribution is -0.145. The first-order chi connectivity index (χ1) is 11.6. The first kappa shape index (κ1) is 18.0. The Kier molecular flexibility index (Phi) is 6.82. The SMILES string of the molecule is Cc1ccccc1COC(=O)CCCNC(=O)c1ccc(Cl)cc1. The molecule has 5 heteroatoms. The average Bonchev–Trinajstić information content (AvgIpc) is 2.58. The Morgan fingerprint density at radius 3 is 2.50 bits per heavy atom. The van der Waals surface area contributed by atoms with Crippen LogP contribution in [0.25, 0.3) is 0 Å². The fourth-order valence-corrected chi connectivity index (χ4v) is 2.27. The molecule has 0 bridgehead atoms. The van der Waals surface area contributed by atoms with Gasteiger partial charge >= 0.3 is 5.97 Å². The molecule has 1 N–H and O–H groups in total. The highest BCUT2D eigenvalue weighted by Gasteiger charge is 2.07. The van der Waals surface area contributed by atoms with Crippen molar-refractivity contribution in [1.29, 1.82) is 0 Å². The Morgan fingerprint density at radius 1 is 1.08 bits per heavy atom. The summed E-state index contributed by atoms with van der Waals surface area (Å²) in [5, 5.41) is 3.35. The maximum absolute atomic E-state index is 11.9. The Balaban J connectivity index is 1.65.